The Labute approximate surface area is 131 Å². The molecule has 0 saturated heterocycles. The zero-order valence-corrected chi connectivity index (χ0v) is 13.3. The first-order chi connectivity index (χ1) is 9.31. The summed E-state index contributed by atoms with van der Waals surface area (Å²) in [5, 5.41) is 0.724. The summed E-state index contributed by atoms with van der Waals surface area (Å²) in [6.07, 6.45) is 2.56. The summed E-state index contributed by atoms with van der Waals surface area (Å²) in [5.74, 6) is 0. The molecule has 106 valence electrons. The van der Waals surface area contributed by atoms with Crippen molar-refractivity contribution in [2.75, 3.05) is 4.72 Å². The van der Waals surface area contributed by atoms with Crippen molar-refractivity contribution in [3.8, 4) is 0 Å². The van der Waals surface area contributed by atoms with Crippen molar-refractivity contribution in [3.63, 3.8) is 0 Å². The van der Waals surface area contributed by atoms with Gasteiger partial charge in [0.05, 0.1) is 15.7 Å². The molecule has 0 unspecified atom stereocenters. The van der Waals surface area contributed by atoms with E-state index in [1.54, 1.807) is 13.0 Å². The monoisotopic (exact) mass is 350 g/mol. The number of nitrogens with one attached hydrogen (secondary N) is 1. The van der Waals surface area contributed by atoms with E-state index in [0.717, 1.165) is 11.8 Å². The van der Waals surface area contributed by atoms with E-state index >= 15 is 0 Å². The molecular formula is C12H9Cl3N2O2S. The molecule has 2 aromatic rings. The van der Waals surface area contributed by atoms with Crippen molar-refractivity contribution in [2.24, 2.45) is 0 Å². The summed E-state index contributed by atoms with van der Waals surface area (Å²) in [6.45, 7) is 1.77. The predicted octanol–water partition coefficient (Wildman–Crippen LogP) is 4.15. The molecular weight excluding hydrogens is 343 g/mol. The first kappa shape index (κ1) is 15.4. The minimum absolute atomic E-state index is 0.0711. The second-order valence-electron chi connectivity index (χ2n) is 3.99. The smallest absolute Gasteiger partial charge is 0.264 e. The molecule has 0 aliphatic rings. The Kier molecular flexibility index (Phi) is 4.44. The van der Waals surface area contributed by atoms with Crippen LogP contribution in [0.5, 0.6) is 0 Å². The SMILES string of the molecule is Cc1cc(Cl)c(NS(=O)(=O)c2cnccc2Cl)cc1Cl. The van der Waals surface area contributed by atoms with Crippen molar-refractivity contribution < 1.29 is 8.42 Å². The van der Waals surface area contributed by atoms with Crippen molar-refractivity contribution in [2.45, 2.75) is 11.8 Å². The van der Waals surface area contributed by atoms with Gasteiger partial charge in [0, 0.05) is 17.4 Å². The third-order valence-electron chi connectivity index (χ3n) is 2.52. The molecule has 0 amide bonds. The Morgan fingerprint density at radius 2 is 1.80 bits per heavy atom. The van der Waals surface area contributed by atoms with Gasteiger partial charge in [-0.05, 0) is 30.7 Å². The van der Waals surface area contributed by atoms with Gasteiger partial charge in [0.1, 0.15) is 4.90 Å². The molecule has 0 atom stereocenters. The summed E-state index contributed by atoms with van der Waals surface area (Å²) < 4.78 is 26.8. The maximum absolute atomic E-state index is 12.2. The number of nitrogens with zero attached hydrogens (tertiary/aromatic N) is 1. The van der Waals surface area contributed by atoms with Gasteiger partial charge in [0.15, 0.2) is 0 Å². The van der Waals surface area contributed by atoms with Gasteiger partial charge in [-0.1, -0.05) is 34.8 Å². The summed E-state index contributed by atoms with van der Waals surface area (Å²) >= 11 is 17.8. The highest BCUT2D eigenvalue weighted by atomic mass is 35.5. The maximum Gasteiger partial charge on any atom is 0.264 e. The van der Waals surface area contributed by atoms with Crippen molar-refractivity contribution in [1.82, 2.24) is 4.98 Å². The fourth-order valence-electron chi connectivity index (χ4n) is 1.48. The van der Waals surface area contributed by atoms with Crippen LogP contribution in [0.2, 0.25) is 15.1 Å². The Hall–Kier alpha value is -1.01. The Bertz CT molecular complexity index is 763. The molecule has 0 saturated carbocycles. The molecule has 0 radical (unpaired) electrons. The van der Waals surface area contributed by atoms with Crippen LogP contribution in [0.25, 0.3) is 0 Å². The van der Waals surface area contributed by atoms with Crippen LogP contribution >= 0.6 is 34.8 Å². The lowest BCUT2D eigenvalue weighted by molar-refractivity contribution is 0.601. The Balaban J connectivity index is 2.44. The number of hydrogen-bond acceptors (Lipinski definition) is 3. The van der Waals surface area contributed by atoms with Crippen LogP contribution in [-0.2, 0) is 10.0 Å². The van der Waals surface area contributed by atoms with Crippen molar-refractivity contribution in [3.05, 3.63) is 51.2 Å². The zero-order valence-electron chi connectivity index (χ0n) is 10.2. The number of aryl methyl sites for hydroxylation is 1. The van der Waals surface area contributed by atoms with E-state index in [1.165, 1.54) is 18.3 Å². The number of aromatic nitrogens is 1. The van der Waals surface area contributed by atoms with Crippen LogP contribution in [0.3, 0.4) is 0 Å². The lowest BCUT2D eigenvalue weighted by atomic mass is 10.2. The van der Waals surface area contributed by atoms with Gasteiger partial charge in [-0.3, -0.25) is 9.71 Å². The molecule has 0 bridgehead atoms. The third-order valence-corrected chi connectivity index (χ3v) is 5.07. The topological polar surface area (TPSA) is 59.1 Å². The van der Waals surface area contributed by atoms with Crippen LogP contribution < -0.4 is 4.72 Å². The number of halogens is 3. The second kappa shape index (κ2) is 5.77. The molecule has 1 N–H and O–H groups in total. The Morgan fingerprint density at radius 3 is 2.45 bits per heavy atom. The molecule has 4 nitrogen and oxygen atoms in total. The van der Waals surface area contributed by atoms with E-state index in [9.17, 15) is 8.42 Å². The van der Waals surface area contributed by atoms with Gasteiger partial charge in [-0.2, -0.15) is 0 Å². The fourth-order valence-corrected chi connectivity index (χ4v) is 3.47. The molecule has 0 fully saturated rings. The van der Waals surface area contributed by atoms with Gasteiger partial charge >= 0.3 is 0 Å². The van der Waals surface area contributed by atoms with E-state index in [4.69, 9.17) is 34.8 Å². The van der Waals surface area contributed by atoms with Gasteiger partial charge in [0.25, 0.3) is 10.0 Å². The standard InChI is InChI=1S/C12H9Cl3N2O2S/c1-7-4-10(15)11(5-9(7)14)17-20(18,19)12-6-16-3-2-8(12)13/h2-6,17H,1H3. The lowest BCUT2D eigenvalue weighted by Crippen LogP contribution is -2.14. The molecule has 2 rings (SSSR count). The summed E-state index contributed by atoms with van der Waals surface area (Å²) in [7, 11) is -3.88. The molecule has 8 heteroatoms. The Morgan fingerprint density at radius 1 is 1.10 bits per heavy atom. The van der Waals surface area contributed by atoms with Crippen LogP contribution in [0.15, 0.2) is 35.5 Å². The molecule has 1 aromatic heterocycles. The average Bonchev–Trinajstić information content (AvgIpc) is 2.36. The summed E-state index contributed by atoms with van der Waals surface area (Å²) in [4.78, 5) is 3.61. The highest BCUT2D eigenvalue weighted by molar-refractivity contribution is 7.92. The third kappa shape index (κ3) is 3.17. The first-order valence-corrected chi connectivity index (χ1v) is 8.01. The minimum Gasteiger partial charge on any atom is -0.278 e. The number of hydrogen-bond donors (Lipinski definition) is 1. The number of rotatable bonds is 3. The minimum atomic E-state index is -3.88. The van der Waals surface area contributed by atoms with E-state index in [0.29, 0.717) is 5.02 Å². The van der Waals surface area contributed by atoms with Gasteiger partial charge in [-0.15, -0.1) is 0 Å². The second-order valence-corrected chi connectivity index (χ2v) is 6.87. The zero-order chi connectivity index (χ0) is 14.9. The van der Waals surface area contributed by atoms with Crippen molar-refractivity contribution >= 4 is 50.5 Å². The molecule has 0 spiro atoms. The maximum atomic E-state index is 12.2. The van der Waals surface area contributed by atoms with E-state index in [1.807, 2.05) is 0 Å². The van der Waals surface area contributed by atoms with Crippen LogP contribution in [0.1, 0.15) is 5.56 Å². The summed E-state index contributed by atoms with van der Waals surface area (Å²) in [5.41, 5.74) is 0.932. The van der Waals surface area contributed by atoms with E-state index < -0.39 is 10.0 Å². The fraction of sp³-hybridized carbons (Fsp3) is 0.0833. The van der Waals surface area contributed by atoms with E-state index in [2.05, 4.69) is 9.71 Å². The van der Waals surface area contributed by atoms with Crippen LogP contribution in [-0.4, -0.2) is 13.4 Å². The van der Waals surface area contributed by atoms with Gasteiger partial charge in [0.2, 0.25) is 0 Å². The normalized spacial score (nSPS) is 11.4. The lowest BCUT2D eigenvalue weighted by Gasteiger charge is -2.11. The van der Waals surface area contributed by atoms with Gasteiger partial charge in [-0.25, -0.2) is 8.42 Å². The molecule has 0 aliphatic carbocycles. The number of sulfonamides is 1. The molecule has 1 heterocycles. The van der Waals surface area contributed by atoms with E-state index in [-0.39, 0.29) is 20.6 Å². The number of pyridine rings is 1. The number of anilines is 1. The van der Waals surface area contributed by atoms with Gasteiger partial charge < -0.3 is 0 Å². The van der Waals surface area contributed by atoms with Crippen LogP contribution in [0.4, 0.5) is 5.69 Å². The highest BCUT2D eigenvalue weighted by Gasteiger charge is 2.19. The summed E-state index contributed by atoms with van der Waals surface area (Å²) in [6, 6.07) is 4.41. The quantitative estimate of drug-likeness (QED) is 0.903. The molecule has 20 heavy (non-hydrogen) atoms. The largest absolute Gasteiger partial charge is 0.278 e. The highest BCUT2D eigenvalue weighted by Crippen LogP contribution is 2.31. The number of benzene rings is 1. The first-order valence-electron chi connectivity index (χ1n) is 5.39. The average molecular weight is 352 g/mol. The van der Waals surface area contributed by atoms with Crippen LogP contribution in [0, 0.1) is 6.92 Å². The predicted molar refractivity (Wildman–Crippen MR) is 81.3 cm³/mol. The molecule has 1 aromatic carbocycles. The molecule has 0 aliphatic heterocycles. The van der Waals surface area contributed by atoms with Crippen molar-refractivity contribution in [1.29, 1.82) is 0 Å².